The van der Waals surface area contributed by atoms with Crippen molar-refractivity contribution in [1.82, 2.24) is 5.32 Å². The first-order valence-corrected chi connectivity index (χ1v) is 7.93. The molecule has 1 aromatic rings. The SMILES string of the molecule is O=C(NC1CCCCC1CBr)c1ccc(Cl)cc1F. The van der Waals surface area contributed by atoms with Gasteiger partial charge in [0.25, 0.3) is 5.91 Å². The van der Waals surface area contributed by atoms with Crippen LogP contribution in [0.15, 0.2) is 18.2 Å². The van der Waals surface area contributed by atoms with Gasteiger partial charge in [0, 0.05) is 16.4 Å². The van der Waals surface area contributed by atoms with Crippen LogP contribution in [0.3, 0.4) is 0 Å². The van der Waals surface area contributed by atoms with Crippen LogP contribution in [-0.2, 0) is 0 Å². The zero-order valence-corrected chi connectivity index (χ0v) is 12.8. The standard InChI is InChI=1S/C14H16BrClFNO/c15-8-9-3-1-2-4-13(9)18-14(19)11-6-5-10(16)7-12(11)17/h5-7,9,13H,1-4,8H2,(H,18,19). The van der Waals surface area contributed by atoms with Crippen LogP contribution < -0.4 is 5.32 Å². The van der Waals surface area contributed by atoms with E-state index in [4.69, 9.17) is 11.6 Å². The first-order chi connectivity index (χ1) is 9.11. The van der Waals surface area contributed by atoms with Crippen LogP contribution in [0.4, 0.5) is 4.39 Å². The summed E-state index contributed by atoms with van der Waals surface area (Å²) in [6.45, 7) is 0. The molecular formula is C14H16BrClFNO. The molecule has 1 fully saturated rings. The van der Waals surface area contributed by atoms with Crippen molar-refractivity contribution in [3.8, 4) is 0 Å². The molecule has 2 rings (SSSR count). The van der Waals surface area contributed by atoms with Crippen LogP contribution in [0.25, 0.3) is 0 Å². The number of nitrogens with one attached hydrogen (secondary N) is 1. The number of benzene rings is 1. The van der Waals surface area contributed by atoms with Crippen molar-refractivity contribution < 1.29 is 9.18 Å². The second-order valence-corrected chi connectivity index (χ2v) is 5.99. The van der Waals surface area contributed by atoms with Crippen molar-refractivity contribution in [3.05, 3.63) is 34.6 Å². The lowest BCUT2D eigenvalue weighted by Crippen LogP contribution is -2.43. The Morgan fingerprint density at radius 2 is 2.16 bits per heavy atom. The lowest BCUT2D eigenvalue weighted by Gasteiger charge is -2.31. The Balaban J connectivity index is 2.07. The highest BCUT2D eigenvalue weighted by molar-refractivity contribution is 9.09. The molecule has 2 unspecified atom stereocenters. The van der Waals surface area contributed by atoms with Crippen LogP contribution in [0, 0.1) is 11.7 Å². The summed E-state index contributed by atoms with van der Waals surface area (Å²) in [7, 11) is 0. The maximum Gasteiger partial charge on any atom is 0.254 e. The third-order valence-electron chi connectivity index (χ3n) is 3.60. The Labute approximate surface area is 125 Å². The molecule has 104 valence electrons. The first-order valence-electron chi connectivity index (χ1n) is 6.43. The Morgan fingerprint density at radius 3 is 2.84 bits per heavy atom. The number of hydrogen-bond donors (Lipinski definition) is 1. The summed E-state index contributed by atoms with van der Waals surface area (Å²) in [5.74, 6) is -0.503. The second-order valence-electron chi connectivity index (χ2n) is 4.90. The molecule has 1 aromatic carbocycles. The van der Waals surface area contributed by atoms with Gasteiger partial charge in [-0.25, -0.2) is 4.39 Å². The Bertz CT molecular complexity index is 469. The smallest absolute Gasteiger partial charge is 0.254 e. The zero-order valence-electron chi connectivity index (χ0n) is 10.5. The van der Waals surface area contributed by atoms with Crippen LogP contribution in [0.5, 0.6) is 0 Å². The summed E-state index contributed by atoms with van der Waals surface area (Å²) < 4.78 is 13.7. The van der Waals surface area contributed by atoms with E-state index in [1.807, 2.05) is 0 Å². The molecule has 1 amide bonds. The molecule has 0 bridgehead atoms. The normalized spacial score (nSPS) is 23.1. The van der Waals surface area contributed by atoms with Gasteiger partial charge < -0.3 is 5.32 Å². The Kier molecular flexibility index (Phi) is 5.22. The first kappa shape index (κ1) is 14.8. The molecule has 0 spiro atoms. The summed E-state index contributed by atoms with van der Waals surface area (Å²) >= 11 is 9.16. The highest BCUT2D eigenvalue weighted by Gasteiger charge is 2.26. The number of hydrogen-bond acceptors (Lipinski definition) is 1. The fourth-order valence-electron chi connectivity index (χ4n) is 2.50. The average Bonchev–Trinajstić information content (AvgIpc) is 2.39. The highest BCUT2D eigenvalue weighted by Crippen LogP contribution is 2.26. The third kappa shape index (κ3) is 3.69. The van der Waals surface area contributed by atoms with Gasteiger partial charge in [0.15, 0.2) is 0 Å². The van der Waals surface area contributed by atoms with Crippen molar-refractivity contribution >= 4 is 33.4 Å². The number of rotatable bonds is 3. The van der Waals surface area contributed by atoms with Gasteiger partial charge in [-0.3, -0.25) is 4.79 Å². The molecule has 2 atom stereocenters. The molecule has 1 aliphatic carbocycles. The minimum atomic E-state index is -0.573. The van der Waals surface area contributed by atoms with Gasteiger partial charge in [0.1, 0.15) is 5.82 Å². The summed E-state index contributed by atoms with van der Waals surface area (Å²) in [6, 6.07) is 4.25. The summed E-state index contributed by atoms with van der Waals surface area (Å²) in [5, 5.41) is 4.10. The van der Waals surface area contributed by atoms with Gasteiger partial charge in [0.2, 0.25) is 0 Å². The number of carbonyl (C=O) groups excluding carboxylic acids is 1. The van der Waals surface area contributed by atoms with Crippen LogP contribution in [0.1, 0.15) is 36.0 Å². The van der Waals surface area contributed by atoms with E-state index in [2.05, 4.69) is 21.2 Å². The van der Waals surface area contributed by atoms with E-state index in [9.17, 15) is 9.18 Å². The maximum absolute atomic E-state index is 13.7. The fourth-order valence-corrected chi connectivity index (χ4v) is 3.44. The third-order valence-corrected chi connectivity index (χ3v) is 4.67. The number of carbonyl (C=O) groups is 1. The highest BCUT2D eigenvalue weighted by atomic mass is 79.9. The Morgan fingerprint density at radius 1 is 1.42 bits per heavy atom. The molecule has 2 nitrogen and oxygen atoms in total. The van der Waals surface area contributed by atoms with E-state index in [1.54, 1.807) is 0 Å². The van der Waals surface area contributed by atoms with Crippen molar-refractivity contribution in [3.63, 3.8) is 0 Å². The Hall–Kier alpha value is -0.610. The molecule has 1 N–H and O–H groups in total. The predicted molar refractivity (Wildman–Crippen MR) is 78.4 cm³/mol. The fraction of sp³-hybridized carbons (Fsp3) is 0.500. The number of amides is 1. The van der Waals surface area contributed by atoms with Crippen molar-refractivity contribution in [1.29, 1.82) is 0 Å². The van der Waals surface area contributed by atoms with Gasteiger partial charge in [-0.05, 0) is 37.0 Å². The number of alkyl halides is 1. The molecule has 1 aliphatic rings. The van der Waals surface area contributed by atoms with E-state index >= 15 is 0 Å². The summed E-state index contributed by atoms with van der Waals surface area (Å²) in [4.78, 5) is 12.1. The van der Waals surface area contributed by atoms with E-state index in [0.29, 0.717) is 10.9 Å². The van der Waals surface area contributed by atoms with Gasteiger partial charge in [-0.15, -0.1) is 0 Å². The maximum atomic E-state index is 13.7. The molecule has 0 saturated heterocycles. The summed E-state index contributed by atoms with van der Waals surface area (Å²) in [5.41, 5.74) is 0.0586. The molecule has 1 saturated carbocycles. The van der Waals surface area contributed by atoms with E-state index in [0.717, 1.165) is 24.6 Å². The molecule has 19 heavy (non-hydrogen) atoms. The summed E-state index contributed by atoms with van der Waals surface area (Å²) in [6.07, 6.45) is 4.35. The predicted octanol–water partition coefficient (Wildman–Crippen LogP) is 4.16. The van der Waals surface area contributed by atoms with Crippen LogP contribution in [0.2, 0.25) is 5.02 Å². The molecule has 5 heteroatoms. The molecule has 0 radical (unpaired) electrons. The van der Waals surface area contributed by atoms with Gasteiger partial charge in [-0.1, -0.05) is 40.4 Å². The molecule has 0 aromatic heterocycles. The second kappa shape index (κ2) is 6.71. The largest absolute Gasteiger partial charge is 0.349 e. The average molecular weight is 349 g/mol. The van der Waals surface area contributed by atoms with E-state index < -0.39 is 5.82 Å². The lowest BCUT2D eigenvalue weighted by molar-refractivity contribution is 0.0907. The minimum absolute atomic E-state index is 0.0586. The van der Waals surface area contributed by atoms with Crippen molar-refractivity contribution in [2.75, 3.05) is 5.33 Å². The monoisotopic (exact) mass is 347 g/mol. The molecular weight excluding hydrogens is 333 g/mol. The minimum Gasteiger partial charge on any atom is -0.349 e. The number of halogens is 3. The van der Waals surface area contributed by atoms with E-state index in [1.165, 1.54) is 24.6 Å². The lowest BCUT2D eigenvalue weighted by atomic mass is 9.86. The van der Waals surface area contributed by atoms with Gasteiger partial charge in [0.05, 0.1) is 5.56 Å². The quantitative estimate of drug-likeness (QED) is 0.816. The topological polar surface area (TPSA) is 29.1 Å². The van der Waals surface area contributed by atoms with Crippen molar-refractivity contribution in [2.45, 2.75) is 31.7 Å². The van der Waals surface area contributed by atoms with Crippen molar-refractivity contribution in [2.24, 2.45) is 5.92 Å². The van der Waals surface area contributed by atoms with Crippen LogP contribution >= 0.6 is 27.5 Å². The van der Waals surface area contributed by atoms with Gasteiger partial charge in [-0.2, -0.15) is 0 Å². The molecule has 0 heterocycles. The van der Waals surface area contributed by atoms with Gasteiger partial charge >= 0.3 is 0 Å². The molecule has 0 aliphatic heterocycles. The van der Waals surface area contributed by atoms with E-state index in [-0.39, 0.29) is 17.5 Å². The zero-order chi connectivity index (χ0) is 13.8. The van der Waals surface area contributed by atoms with Crippen LogP contribution in [-0.4, -0.2) is 17.3 Å².